The summed E-state index contributed by atoms with van der Waals surface area (Å²) in [6, 6.07) is 9.09. The fourth-order valence-corrected chi connectivity index (χ4v) is 4.85. The van der Waals surface area contributed by atoms with Crippen molar-refractivity contribution < 1.29 is 14.5 Å². The van der Waals surface area contributed by atoms with Crippen LogP contribution >= 0.6 is 7.14 Å². The van der Waals surface area contributed by atoms with Gasteiger partial charge in [-0.05, 0) is 6.42 Å². The van der Waals surface area contributed by atoms with Gasteiger partial charge in [-0.25, -0.2) is 0 Å². The quantitative estimate of drug-likeness (QED) is 0.522. The lowest BCUT2D eigenvalue weighted by atomic mass is 10.1. The van der Waals surface area contributed by atoms with Crippen molar-refractivity contribution in [1.82, 2.24) is 0 Å². The van der Waals surface area contributed by atoms with Gasteiger partial charge in [0.1, 0.15) is 13.3 Å². The van der Waals surface area contributed by atoms with Gasteiger partial charge < -0.3 is 9.67 Å². The zero-order valence-electron chi connectivity index (χ0n) is 12.3. The van der Waals surface area contributed by atoms with Crippen molar-refractivity contribution in [2.75, 3.05) is 12.3 Å². The monoisotopic (exact) mass is 296 g/mol. The number of benzene rings is 1. The third-order valence-electron chi connectivity index (χ3n) is 3.49. The van der Waals surface area contributed by atoms with Crippen LogP contribution in [0.4, 0.5) is 0 Å². The molecule has 0 spiro atoms. The molecule has 0 saturated heterocycles. The number of carbonyl (C=O) groups is 1. The maximum atomic E-state index is 12.9. The summed E-state index contributed by atoms with van der Waals surface area (Å²) < 4.78 is 12.9. The van der Waals surface area contributed by atoms with E-state index in [-0.39, 0.29) is 6.16 Å². The molecule has 0 saturated carbocycles. The van der Waals surface area contributed by atoms with E-state index in [1.165, 1.54) is 19.3 Å². The van der Waals surface area contributed by atoms with Crippen LogP contribution in [-0.4, -0.2) is 23.4 Å². The van der Waals surface area contributed by atoms with Crippen molar-refractivity contribution >= 4 is 18.4 Å². The van der Waals surface area contributed by atoms with E-state index in [0.29, 0.717) is 11.5 Å². The highest BCUT2D eigenvalue weighted by Gasteiger charge is 2.27. The van der Waals surface area contributed by atoms with Crippen LogP contribution in [0.2, 0.25) is 0 Å². The van der Waals surface area contributed by atoms with E-state index in [0.717, 1.165) is 19.3 Å². The van der Waals surface area contributed by atoms with Gasteiger partial charge in [0.05, 0.1) is 0 Å². The molecule has 1 atom stereocenters. The van der Waals surface area contributed by atoms with E-state index in [1.54, 1.807) is 12.1 Å². The molecule has 0 aliphatic carbocycles. The zero-order valence-corrected chi connectivity index (χ0v) is 13.1. The maximum Gasteiger partial charge on any atom is 0.311 e. The number of hydrogen-bond acceptors (Lipinski definition) is 2. The minimum atomic E-state index is -2.78. The standard InChI is InChI=1S/C16H25O3P/c1-2-3-4-5-6-10-13-20(19,14-16(17)18)15-11-8-7-9-12-15/h7-9,11-12H,2-6,10,13-14H2,1H3,(H,17,18). The van der Waals surface area contributed by atoms with Crippen molar-refractivity contribution in [3.63, 3.8) is 0 Å². The number of aliphatic carboxylic acids is 1. The highest BCUT2D eigenvalue weighted by molar-refractivity contribution is 7.72. The Balaban J connectivity index is 2.57. The van der Waals surface area contributed by atoms with Crippen LogP contribution in [0.3, 0.4) is 0 Å². The lowest BCUT2D eigenvalue weighted by Gasteiger charge is -2.16. The molecule has 0 aromatic heterocycles. The summed E-state index contributed by atoms with van der Waals surface area (Å²) in [5, 5.41) is 9.72. The fraction of sp³-hybridized carbons (Fsp3) is 0.562. The van der Waals surface area contributed by atoms with Gasteiger partial charge in [-0.2, -0.15) is 0 Å². The van der Waals surface area contributed by atoms with Crippen LogP contribution in [0.5, 0.6) is 0 Å². The van der Waals surface area contributed by atoms with Gasteiger partial charge >= 0.3 is 5.97 Å². The fourth-order valence-electron chi connectivity index (χ4n) is 2.37. The molecule has 1 aromatic carbocycles. The number of carboxylic acid groups (broad SMARTS) is 1. The molecular formula is C16H25O3P. The largest absolute Gasteiger partial charge is 0.481 e. The highest BCUT2D eigenvalue weighted by Crippen LogP contribution is 2.45. The first-order chi connectivity index (χ1) is 9.58. The number of rotatable bonds is 10. The van der Waals surface area contributed by atoms with Crippen LogP contribution in [0, 0.1) is 0 Å². The van der Waals surface area contributed by atoms with Gasteiger partial charge in [0.25, 0.3) is 0 Å². The summed E-state index contributed by atoms with van der Waals surface area (Å²) in [7, 11) is -2.78. The molecule has 112 valence electrons. The van der Waals surface area contributed by atoms with Crippen LogP contribution in [0.25, 0.3) is 0 Å². The molecule has 0 aliphatic rings. The molecule has 20 heavy (non-hydrogen) atoms. The van der Waals surface area contributed by atoms with Crippen molar-refractivity contribution in [1.29, 1.82) is 0 Å². The zero-order chi connectivity index (χ0) is 14.8. The van der Waals surface area contributed by atoms with Crippen LogP contribution in [0.1, 0.15) is 45.4 Å². The van der Waals surface area contributed by atoms with E-state index >= 15 is 0 Å². The van der Waals surface area contributed by atoms with Gasteiger partial charge in [-0.15, -0.1) is 0 Å². The molecule has 1 rings (SSSR count). The van der Waals surface area contributed by atoms with E-state index < -0.39 is 13.1 Å². The normalized spacial score (nSPS) is 13.8. The molecule has 0 amide bonds. The SMILES string of the molecule is CCCCCCCCP(=O)(CC(=O)O)c1ccccc1. The molecule has 4 heteroatoms. The van der Waals surface area contributed by atoms with Gasteiger partial charge in [-0.1, -0.05) is 69.4 Å². The lowest BCUT2D eigenvalue weighted by Crippen LogP contribution is -2.16. The van der Waals surface area contributed by atoms with Crippen LogP contribution in [0.15, 0.2) is 30.3 Å². The average Bonchev–Trinajstić information content (AvgIpc) is 2.43. The maximum absolute atomic E-state index is 12.9. The first-order valence-electron chi connectivity index (χ1n) is 7.44. The van der Waals surface area contributed by atoms with E-state index in [1.807, 2.05) is 18.2 Å². The summed E-state index contributed by atoms with van der Waals surface area (Å²) in [4.78, 5) is 11.0. The smallest absolute Gasteiger partial charge is 0.311 e. The Morgan fingerprint density at radius 2 is 1.65 bits per heavy atom. The van der Waals surface area contributed by atoms with Crippen molar-refractivity contribution in [2.45, 2.75) is 45.4 Å². The molecule has 0 heterocycles. The van der Waals surface area contributed by atoms with Gasteiger partial charge in [0.15, 0.2) is 0 Å². The van der Waals surface area contributed by atoms with E-state index in [2.05, 4.69) is 6.92 Å². The molecule has 1 aromatic rings. The van der Waals surface area contributed by atoms with Crippen molar-refractivity contribution in [3.8, 4) is 0 Å². The molecule has 0 aliphatic heterocycles. The first-order valence-corrected chi connectivity index (χ1v) is 9.51. The second-order valence-corrected chi connectivity index (χ2v) is 8.33. The molecule has 3 nitrogen and oxygen atoms in total. The summed E-state index contributed by atoms with van der Waals surface area (Å²) in [6.07, 6.45) is 6.98. The van der Waals surface area contributed by atoms with Gasteiger partial charge in [0.2, 0.25) is 0 Å². The van der Waals surface area contributed by atoms with Crippen LogP contribution < -0.4 is 5.30 Å². The average molecular weight is 296 g/mol. The summed E-state index contributed by atoms with van der Waals surface area (Å²) in [6.45, 7) is 2.18. The third kappa shape index (κ3) is 5.92. The van der Waals surface area contributed by atoms with E-state index in [9.17, 15) is 9.36 Å². The minimum Gasteiger partial charge on any atom is -0.481 e. The number of unbranched alkanes of at least 4 members (excludes halogenated alkanes) is 5. The predicted octanol–water partition coefficient (Wildman–Crippen LogP) is 4.12. The molecule has 1 N–H and O–H groups in total. The summed E-state index contributed by atoms with van der Waals surface area (Å²) >= 11 is 0. The van der Waals surface area contributed by atoms with Crippen molar-refractivity contribution in [3.05, 3.63) is 30.3 Å². The predicted molar refractivity (Wildman–Crippen MR) is 84.4 cm³/mol. The lowest BCUT2D eigenvalue weighted by molar-refractivity contribution is -0.134. The molecule has 0 radical (unpaired) electrons. The third-order valence-corrected chi connectivity index (χ3v) is 6.55. The molecule has 0 fully saturated rings. The number of hydrogen-bond donors (Lipinski definition) is 1. The molecular weight excluding hydrogens is 271 g/mol. The summed E-state index contributed by atoms with van der Waals surface area (Å²) in [5.74, 6) is -0.969. The Morgan fingerprint density at radius 3 is 2.25 bits per heavy atom. The van der Waals surface area contributed by atoms with Crippen LogP contribution in [-0.2, 0) is 9.36 Å². The first kappa shape index (κ1) is 17.0. The number of carboxylic acids is 1. The Labute approximate surface area is 121 Å². The van der Waals surface area contributed by atoms with Gasteiger partial charge in [0, 0.05) is 11.5 Å². The molecule has 1 unspecified atom stereocenters. The molecule has 0 bridgehead atoms. The summed E-state index contributed by atoms with van der Waals surface area (Å²) in [5.41, 5.74) is 0. The second-order valence-electron chi connectivity index (χ2n) is 5.27. The Kier molecular flexibility index (Phi) is 7.61. The highest BCUT2D eigenvalue weighted by atomic mass is 31.2. The Morgan fingerprint density at radius 1 is 1.05 bits per heavy atom. The van der Waals surface area contributed by atoms with Crippen molar-refractivity contribution in [2.24, 2.45) is 0 Å². The second kappa shape index (κ2) is 8.97. The minimum absolute atomic E-state index is 0.230. The van der Waals surface area contributed by atoms with E-state index in [4.69, 9.17) is 5.11 Å². The van der Waals surface area contributed by atoms with Gasteiger partial charge in [-0.3, -0.25) is 4.79 Å². The Hall–Kier alpha value is -1.08. The topological polar surface area (TPSA) is 54.4 Å². The Bertz CT molecular complexity index is 442.